The van der Waals surface area contributed by atoms with E-state index in [1.165, 1.54) is 6.08 Å². The Hall–Kier alpha value is -2.18. The minimum absolute atomic E-state index is 0.0675. The highest BCUT2D eigenvalue weighted by atomic mass is 79.9. The van der Waals surface area contributed by atoms with Crippen LogP contribution in [0.1, 0.15) is 11.1 Å². The number of carbonyl (C=O) groups excluding carboxylic acids is 2. The number of carbonyl (C=O) groups is 2. The molecule has 0 saturated carbocycles. The van der Waals surface area contributed by atoms with Crippen LogP contribution < -0.4 is 5.32 Å². The largest absolute Gasteiger partial charge is 0.422 e. The third-order valence-electron chi connectivity index (χ3n) is 3.83. The third-order valence-corrected chi connectivity index (χ3v) is 4.77. The van der Waals surface area contributed by atoms with Crippen molar-refractivity contribution < 1.29 is 14.3 Å². The predicted octanol–water partition coefficient (Wildman–Crippen LogP) is 4.89. The lowest BCUT2D eigenvalue weighted by molar-refractivity contribution is -0.132. The summed E-state index contributed by atoms with van der Waals surface area (Å²) in [5, 5.41) is 2.89. The Balaban J connectivity index is 1.59. The second-order valence-electron chi connectivity index (χ2n) is 5.79. The molecule has 0 unspecified atom stereocenters. The van der Waals surface area contributed by atoms with Crippen molar-refractivity contribution in [2.24, 2.45) is 0 Å². The van der Waals surface area contributed by atoms with Gasteiger partial charge >= 0.3 is 5.97 Å². The molecule has 0 aliphatic carbocycles. The number of nitrogens with one attached hydrogen (secondary N) is 1. The summed E-state index contributed by atoms with van der Waals surface area (Å²) in [5.41, 5.74) is 3.53. The molecule has 2 aromatic carbocycles. The lowest BCUT2D eigenvalue weighted by Gasteiger charge is -2.08. The van der Waals surface area contributed by atoms with Gasteiger partial charge in [-0.3, -0.25) is 4.79 Å². The molecule has 26 heavy (non-hydrogen) atoms. The van der Waals surface area contributed by atoms with E-state index in [0.29, 0.717) is 18.6 Å². The van der Waals surface area contributed by atoms with Crippen molar-refractivity contribution in [1.29, 1.82) is 0 Å². The first-order valence-electron chi connectivity index (χ1n) is 7.90. The Morgan fingerprint density at radius 3 is 2.35 bits per heavy atom. The number of halogens is 2. The average molecular weight is 477 g/mol. The number of cyclic esters (lactones) is 1. The topological polar surface area (TPSA) is 55.4 Å². The zero-order chi connectivity index (χ0) is 18.5. The second-order valence-corrected chi connectivity index (χ2v) is 7.16. The summed E-state index contributed by atoms with van der Waals surface area (Å²) < 4.78 is 6.04. The van der Waals surface area contributed by atoms with Gasteiger partial charge in [0.1, 0.15) is 5.76 Å². The Labute approximate surface area is 168 Å². The molecule has 1 aliphatic rings. The van der Waals surface area contributed by atoms with Gasteiger partial charge in [0.15, 0.2) is 0 Å². The molecule has 0 saturated heterocycles. The summed E-state index contributed by atoms with van der Waals surface area (Å²) in [6.07, 6.45) is 2.39. The molecule has 1 heterocycles. The van der Waals surface area contributed by atoms with E-state index < -0.39 is 0 Å². The maximum atomic E-state index is 12.1. The molecule has 0 fully saturated rings. The zero-order valence-corrected chi connectivity index (χ0v) is 16.8. The highest BCUT2D eigenvalue weighted by molar-refractivity contribution is 9.11. The minimum Gasteiger partial charge on any atom is -0.422 e. The van der Waals surface area contributed by atoms with Gasteiger partial charge in [0.25, 0.3) is 0 Å². The summed E-state index contributed by atoms with van der Waals surface area (Å²) in [4.78, 5) is 25.1. The molecule has 1 aliphatic heterocycles. The number of benzene rings is 2. The molecule has 6 heteroatoms. The van der Waals surface area contributed by atoms with E-state index >= 15 is 0 Å². The monoisotopic (exact) mass is 475 g/mol. The lowest BCUT2D eigenvalue weighted by atomic mass is 10.0. The van der Waals surface area contributed by atoms with Crippen LogP contribution in [-0.2, 0) is 27.2 Å². The van der Waals surface area contributed by atoms with E-state index in [9.17, 15) is 9.59 Å². The van der Waals surface area contributed by atoms with Crippen LogP contribution in [0.15, 0.2) is 75.4 Å². The molecule has 0 atom stereocenters. The number of hydrogen-bond donors (Lipinski definition) is 1. The normalized spacial score (nSPS) is 14.9. The van der Waals surface area contributed by atoms with Crippen molar-refractivity contribution >= 4 is 49.4 Å². The first-order valence-corrected chi connectivity index (χ1v) is 9.61. The summed E-state index contributed by atoms with van der Waals surface area (Å²) in [7, 11) is 0. The Morgan fingerprint density at radius 2 is 1.69 bits per heavy atom. The van der Waals surface area contributed by atoms with Crippen LogP contribution in [0.2, 0.25) is 0 Å². The number of rotatable bonds is 5. The van der Waals surface area contributed by atoms with Gasteiger partial charge in [0.05, 0.1) is 6.42 Å². The number of hydrogen-bond acceptors (Lipinski definition) is 3. The maximum Gasteiger partial charge on any atom is 0.336 e. The van der Waals surface area contributed by atoms with Crippen LogP contribution in [-0.4, -0.2) is 11.9 Å². The van der Waals surface area contributed by atoms with E-state index in [0.717, 1.165) is 26.9 Å². The number of allylic oxidation sites excluding steroid dienone is 1. The molecule has 1 N–H and O–H groups in total. The standard InChI is InChI=1S/C20H15Br2NO3/c21-12-18-15(11-20(25)26-18)9-13-3-7-17(8-4-13)23-19(24)10-14-1-5-16(22)6-2-14/h1-8,11-12H,9-10H2,(H,23,24)/b18-12+. The number of anilines is 1. The molecule has 3 rings (SSSR count). The molecule has 1 amide bonds. The van der Waals surface area contributed by atoms with Crippen molar-refractivity contribution in [3.8, 4) is 0 Å². The van der Waals surface area contributed by atoms with Gasteiger partial charge in [-0.15, -0.1) is 0 Å². The molecule has 0 radical (unpaired) electrons. The smallest absolute Gasteiger partial charge is 0.336 e. The highest BCUT2D eigenvalue weighted by Crippen LogP contribution is 2.25. The number of ether oxygens (including phenoxy) is 1. The maximum absolute atomic E-state index is 12.1. The molecule has 0 bridgehead atoms. The Kier molecular flexibility index (Phi) is 6.06. The molecular weight excluding hydrogens is 462 g/mol. The van der Waals surface area contributed by atoms with Gasteiger partial charge in [-0.1, -0.05) is 56.1 Å². The zero-order valence-electron chi connectivity index (χ0n) is 13.7. The van der Waals surface area contributed by atoms with E-state index in [-0.39, 0.29) is 11.9 Å². The van der Waals surface area contributed by atoms with Gasteiger partial charge in [0.2, 0.25) is 5.91 Å². The predicted molar refractivity (Wildman–Crippen MR) is 108 cm³/mol. The summed E-state index contributed by atoms with van der Waals surface area (Å²) in [5.74, 6) is 0.103. The molecule has 4 nitrogen and oxygen atoms in total. The lowest BCUT2D eigenvalue weighted by Crippen LogP contribution is -2.14. The number of esters is 1. The Bertz CT molecular complexity index is 884. The molecular formula is C20H15Br2NO3. The van der Waals surface area contributed by atoms with E-state index in [2.05, 4.69) is 37.2 Å². The quantitative estimate of drug-likeness (QED) is 0.625. The van der Waals surface area contributed by atoms with Gasteiger partial charge < -0.3 is 10.1 Å². The summed E-state index contributed by atoms with van der Waals surface area (Å²) in [6, 6.07) is 15.2. The second kappa shape index (κ2) is 8.47. The van der Waals surface area contributed by atoms with E-state index in [1.807, 2.05) is 48.5 Å². The SMILES string of the molecule is O=C(Cc1ccc(Br)cc1)Nc1ccc(CC2=CC(=O)O/C2=C/Br)cc1. The van der Waals surface area contributed by atoms with Gasteiger partial charge in [-0.2, -0.15) is 0 Å². The average Bonchev–Trinajstić information content (AvgIpc) is 2.98. The van der Waals surface area contributed by atoms with Gasteiger partial charge in [-0.25, -0.2) is 4.79 Å². The first-order chi connectivity index (χ1) is 12.5. The summed E-state index contributed by atoms with van der Waals surface area (Å²) in [6.45, 7) is 0. The fourth-order valence-electron chi connectivity index (χ4n) is 2.57. The first kappa shape index (κ1) is 18.6. The molecule has 0 spiro atoms. The van der Waals surface area contributed by atoms with Crippen molar-refractivity contribution in [1.82, 2.24) is 0 Å². The fourth-order valence-corrected chi connectivity index (χ4v) is 3.22. The third kappa shape index (κ3) is 4.93. The highest BCUT2D eigenvalue weighted by Gasteiger charge is 2.19. The minimum atomic E-state index is -0.359. The van der Waals surface area contributed by atoms with E-state index in [4.69, 9.17) is 4.74 Å². The van der Waals surface area contributed by atoms with Crippen molar-refractivity contribution in [2.75, 3.05) is 5.32 Å². The van der Waals surface area contributed by atoms with Crippen molar-refractivity contribution in [2.45, 2.75) is 12.8 Å². The van der Waals surface area contributed by atoms with Crippen molar-refractivity contribution in [3.05, 3.63) is 86.5 Å². The molecule has 132 valence electrons. The summed E-state index contributed by atoms with van der Waals surface area (Å²) >= 11 is 6.57. The van der Waals surface area contributed by atoms with Crippen LogP contribution >= 0.6 is 31.9 Å². The van der Waals surface area contributed by atoms with Crippen LogP contribution in [0.3, 0.4) is 0 Å². The Morgan fingerprint density at radius 1 is 1.04 bits per heavy atom. The molecule has 0 aromatic heterocycles. The fraction of sp³-hybridized carbons (Fsp3) is 0.100. The van der Waals surface area contributed by atoms with Crippen LogP contribution in [0.5, 0.6) is 0 Å². The van der Waals surface area contributed by atoms with E-state index in [1.54, 1.807) is 4.99 Å². The van der Waals surface area contributed by atoms with Gasteiger partial charge in [0, 0.05) is 33.2 Å². The van der Waals surface area contributed by atoms with Crippen LogP contribution in [0.4, 0.5) is 5.69 Å². The van der Waals surface area contributed by atoms with Crippen LogP contribution in [0, 0.1) is 0 Å². The number of amides is 1. The molecule has 2 aromatic rings. The van der Waals surface area contributed by atoms with Gasteiger partial charge in [-0.05, 0) is 35.4 Å². The van der Waals surface area contributed by atoms with Crippen LogP contribution in [0.25, 0.3) is 0 Å². The van der Waals surface area contributed by atoms with Crippen molar-refractivity contribution in [3.63, 3.8) is 0 Å².